The standard InChI is InChI=1S/C19H15N3O3S.C2H6/c1-13-10-16(21-19(23)18-8-5-9-25-18)15-12-20-22(17(15)11-13)26(24)14-6-3-2-4-7-14;1-2/h2-12H,1H3,(H,21,23);1-2H3. The van der Waals surface area contributed by atoms with Crippen LogP contribution in [0.25, 0.3) is 10.9 Å². The summed E-state index contributed by atoms with van der Waals surface area (Å²) in [6.45, 7) is 5.91. The number of amides is 1. The fourth-order valence-electron chi connectivity index (χ4n) is 2.71. The van der Waals surface area contributed by atoms with Crippen molar-refractivity contribution in [2.24, 2.45) is 0 Å². The molecule has 1 unspecified atom stereocenters. The van der Waals surface area contributed by atoms with Crippen molar-refractivity contribution < 1.29 is 13.4 Å². The summed E-state index contributed by atoms with van der Waals surface area (Å²) in [7, 11) is -1.47. The molecule has 0 aliphatic rings. The van der Waals surface area contributed by atoms with Crippen LogP contribution in [0, 0.1) is 6.92 Å². The zero-order valence-electron chi connectivity index (χ0n) is 15.9. The highest BCUT2D eigenvalue weighted by atomic mass is 32.2. The number of aromatic nitrogens is 2. The van der Waals surface area contributed by atoms with Crippen molar-refractivity contribution in [3.05, 3.63) is 78.4 Å². The molecule has 6 nitrogen and oxygen atoms in total. The number of nitrogens with zero attached hydrogens (tertiary/aromatic N) is 2. The Bertz CT molecular complexity index is 1100. The molecule has 2 aromatic heterocycles. The highest BCUT2D eigenvalue weighted by molar-refractivity contribution is 7.83. The Kier molecular flexibility index (Phi) is 6.06. The number of nitrogens with one attached hydrogen (secondary N) is 1. The van der Waals surface area contributed by atoms with Gasteiger partial charge in [-0.25, -0.2) is 4.21 Å². The van der Waals surface area contributed by atoms with E-state index >= 15 is 0 Å². The SMILES string of the molecule is CC.Cc1cc(NC(=O)c2ccco2)c2cnn(S(=O)c3ccccc3)c2c1. The van der Waals surface area contributed by atoms with Crippen LogP contribution in [0.15, 0.2) is 76.4 Å². The van der Waals surface area contributed by atoms with E-state index in [0.29, 0.717) is 21.5 Å². The van der Waals surface area contributed by atoms with E-state index in [1.165, 1.54) is 10.4 Å². The van der Waals surface area contributed by atoms with Crippen molar-refractivity contribution in [3.63, 3.8) is 0 Å². The summed E-state index contributed by atoms with van der Waals surface area (Å²) in [5.74, 6) is -0.126. The van der Waals surface area contributed by atoms with Gasteiger partial charge in [0.2, 0.25) is 0 Å². The first kappa shape index (κ1) is 19.6. The van der Waals surface area contributed by atoms with Gasteiger partial charge in [-0.1, -0.05) is 32.0 Å². The Morgan fingerprint density at radius 2 is 1.86 bits per heavy atom. The van der Waals surface area contributed by atoms with E-state index in [1.54, 1.807) is 30.5 Å². The lowest BCUT2D eigenvalue weighted by atomic mass is 10.1. The maximum atomic E-state index is 12.9. The monoisotopic (exact) mass is 395 g/mol. The molecule has 28 heavy (non-hydrogen) atoms. The molecule has 2 aromatic carbocycles. The molecule has 144 valence electrons. The number of rotatable bonds is 4. The minimum atomic E-state index is -1.47. The molecule has 4 aromatic rings. The molecule has 0 saturated carbocycles. The molecular formula is C21H21N3O3S. The predicted molar refractivity (Wildman–Crippen MR) is 111 cm³/mol. The topological polar surface area (TPSA) is 77.1 Å². The second-order valence-corrected chi connectivity index (χ2v) is 7.07. The van der Waals surface area contributed by atoms with Crippen LogP contribution >= 0.6 is 0 Å². The van der Waals surface area contributed by atoms with E-state index in [4.69, 9.17) is 4.42 Å². The number of aryl methyl sites for hydroxylation is 1. The van der Waals surface area contributed by atoms with E-state index in [9.17, 15) is 9.00 Å². The van der Waals surface area contributed by atoms with Crippen molar-refractivity contribution in [2.75, 3.05) is 5.32 Å². The van der Waals surface area contributed by atoms with Crippen LogP contribution in [0.2, 0.25) is 0 Å². The van der Waals surface area contributed by atoms with Gasteiger partial charge >= 0.3 is 0 Å². The van der Waals surface area contributed by atoms with E-state index < -0.39 is 11.0 Å². The molecule has 0 saturated heterocycles. The number of carbonyl (C=O) groups excluding carboxylic acids is 1. The summed E-state index contributed by atoms with van der Waals surface area (Å²) < 4.78 is 19.5. The third kappa shape index (κ3) is 3.89. The van der Waals surface area contributed by atoms with E-state index in [-0.39, 0.29) is 11.7 Å². The Morgan fingerprint density at radius 1 is 1.11 bits per heavy atom. The maximum Gasteiger partial charge on any atom is 0.291 e. The number of furan rings is 1. The molecule has 0 spiro atoms. The summed E-state index contributed by atoms with van der Waals surface area (Å²) in [4.78, 5) is 13.0. The molecule has 0 bridgehead atoms. The highest BCUT2D eigenvalue weighted by Crippen LogP contribution is 2.27. The fourth-order valence-corrected chi connectivity index (χ4v) is 3.76. The Hall–Kier alpha value is -3.19. The van der Waals surface area contributed by atoms with Gasteiger partial charge in [0, 0.05) is 5.39 Å². The van der Waals surface area contributed by atoms with Crippen LogP contribution in [0.3, 0.4) is 0 Å². The first-order chi connectivity index (χ1) is 13.6. The van der Waals surface area contributed by atoms with Gasteiger partial charge in [-0.2, -0.15) is 9.19 Å². The second kappa shape index (κ2) is 8.67. The highest BCUT2D eigenvalue weighted by Gasteiger charge is 2.16. The van der Waals surface area contributed by atoms with Crippen LogP contribution < -0.4 is 5.32 Å². The number of carbonyl (C=O) groups is 1. The molecule has 0 radical (unpaired) electrons. The summed E-state index contributed by atoms with van der Waals surface area (Å²) in [6.07, 6.45) is 3.05. The number of hydrogen-bond donors (Lipinski definition) is 1. The predicted octanol–water partition coefficient (Wildman–Crippen LogP) is 4.79. The average molecular weight is 395 g/mol. The molecule has 4 rings (SSSR count). The van der Waals surface area contributed by atoms with E-state index in [2.05, 4.69) is 10.4 Å². The summed E-state index contributed by atoms with van der Waals surface area (Å²) >= 11 is 0. The van der Waals surface area contributed by atoms with E-state index in [1.807, 2.05) is 51.1 Å². The molecule has 1 atom stereocenters. The summed E-state index contributed by atoms with van der Waals surface area (Å²) in [6, 6.07) is 16.1. The third-order valence-corrected chi connectivity index (χ3v) is 5.18. The van der Waals surface area contributed by atoms with Gasteiger partial charge < -0.3 is 9.73 Å². The Labute approximate surface area is 165 Å². The van der Waals surface area contributed by atoms with Gasteiger partial charge in [0.15, 0.2) is 16.7 Å². The molecule has 1 N–H and O–H groups in total. The van der Waals surface area contributed by atoms with Gasteiger partial charge in [0.1, 0.15) is 0 Å². The van der Waals surface area contributed by atoms with Crippen molar-refractivity contribution in [1.29, 1.82) is 0 Å². The van der Waals surface area contributed by atoms with Crippen molar-refractivity contribution in [1.82, 2.24) is 9.19 Å². The first-order valence-corrected chi connectivity index (χ1v) is 10.0. The van der Waals surface area contributed by atoms with Crippen molar-refractivity contribution in [2.45, 2.75) is 25.7 Å². The quantitative estimate of drug-likeness (QED) is 0.539. The lowest BCUT2D eigenvalue weighted by molar-refractivity contribution is 0.0997. The normalized spacial score (nSPS) is 11.5. The number of hydrogen-bond acceptors (Lipinski definition) is 4. The first-order valence-electron chi connectivity index (χ1n) is 8.94. The van der Waals surface area contributed by atoms with Gasteiger partial charge in [0.05, 0.1) is 28.6 Å². The van der Waals surface area contributed by atoms with Crippen LogP contribution in [-0.4, -0.2) is 19.3 Å². The van der Waals surface area contributed by atoms with Crippen LogP contribution in [0.4, 0.5) is 5.69 Å². The zero-order valence-corrected chi connectivity index (χ0v) is 16.7. The lowest BCUT2D eigenvalue weighted by Crippen LogP contribution is -2.11. The lowest BCUT2D eigenvalue weighted by Gasteiger charge is -2.08. The molecule has 2 heterocycles. The van der Waals surface area contributed by atoms with Crippen LogP contribution in [0.5, 0.6) is 0 Å². The largest absolute Gasteiger partial charge is 0.459 e. The molecule has 1 amide bonds. The maximum absolute atomic E-state index is 12.9. The number of fused-ring (bicyclic) bond motifs is 1. The minimum Gasteiger partial charge on any atom is -0.459 e. The van der Waals surface area contributed by atoms with Crippen LogP contribution in [-0.2, 0) is 11.0 Å². The second-order valence-electron chi connectivity index (χ2n) is 5.76. The summed E-state index contributed by atoms with van der Waals surface area (Å²) in [5.41, 5.74) is 2.19. The minimum absolute atomic E-state index is 0.222. The molecule has 0 aliphatic heterocycles. The average Bonchev–Trinajstić information content (AvgIpc) is 3.40. The fraction of sp³-hybridized carbons (Fsp3) is 0.143. The molecular weight excluding hydrogens is 374 g/mol. The van der Waals surface area contributed by atoms with Gasteiger partial charge in [0.25, 0.3) is 5.91 Å². The summed E-state index contributed by atoms with van der Waals surface area (Å²) in [5, 5.41) is 7.83. The Morgan fingerprint density at radius 3 is 2.54 bits per heavy atom. The van der Waals surface area contributed by atoms with Crippen LogP contribution in [0.1, 0.15) is 30.0 Å². The molecule has 7 heteroatoms. The zero-order chi connectivity index (χ0) is 20.1. The van der Waals surface area contributed by atoms with E-state index in [0.717, 1.165) is 5.56 Å². The van der Waals surface area contributed by atoms with Crippen molar-refractivity contribution in [3.8, 4) is 0 Å². The van der Waals surface area contributed by atoms with Gasteiger partial charge in [-0.05, 0) is 48.9 Å². The smallest absolute Gasteiger partial charge is 0.291 e. The molecule has 0 fully saturated rings. The number of anilines is 1. The van der Waals surface area contributed by atoms with Gasteiger partial charge in [-0.3, -0.25) is 4.79 Å². The molecule has 0 aliphatic carbocycles. The number of benzene rings is 2. The van der Waals surface area contributed by atoms with Gasteiger partial charge in [-0.15, -0.1) is 0 Å². The Balaban J connectivity index is 0.00000109. The van der Waals surface area contributed by atoms with Crippen molar-refractivity contribution >= 4 is 33.5 Å². The third-order valence-electron chi connectivity index (χ3n) is 3.90.